The number of halogens is 1. The van der Waals surface area contributed by atoms with Crippen LogP contribution in [0.1, 0.15) is 56.3 Å². The van der Waals surface area contributed by atoms with Crippen molar-refractivity contribution in [1.29, 1.82) is 0 Å². The summed E-state index contributed by atoms with van der Waals surface area (Å²) in [5, 5.41) is 16.5. The van der Waals surface area contributed by atoms with Gasteiger partial charge in [0, 0.05) is 17.5 Å². The Kier molecular flexibility index (Phi) is 7.64. The van der Waals surface area contributed by atoms with Crippen LogP contribution in [0.3, 0.4) is 0 Å². The van der Waals surface area contributed by atoms with E-state index in [4.69, 9.17) is 21.3 Å². The fourth-order valence-electron chi connectivity index (χ4n) is 4.32. The van der Waals surface area contributed by atoms with E-state index in [9.17, 15) is 19.7 Å². The average molecular weight is 513 g/mol. The van der Waals surface area contributed by atoms with Gasteiger partial charge in [-0.05, 0) is 38.0 Å². The van der Waals surface area contributed by atoms with Crippen LogP contribution in [0.4, 0.5) is 5.69 Å². The first-order valence-electron chi connectivity index (χ1n) is 11.6. The van der Waals surface area contributed by atoms with E-state index in [1.165, 1.54) is 37.1 Å². The maximum absolute atomic E-state index is 13.3. The molecule has 1 fully saturated rings. The van der Waals surface area contributed by atoms with Crippen LogP contribution in [0.15, 0.2) is 46.3 Å². The monoisotopic (exact) mass is 512 g/mol. The second-order valence-corrected chi connectivity index (χ2v) is 8.98. The van der Waals surface area contributed by atoms with Gasteiger partial charge in [0.2, 0.25) is 5.75 Å². The summed E-state index contributed by atoms with van der Waals surface area (Å²) in [5.74, 6) is -0.308. The largest absolute Gasteiger partial charge is 0.471 e. The third-order valence-electron chi connectivity index (χ3n) is 6.14. The number of benzene rings is 2. The van der Waals surface area contributed by atoms with Crippen molar-refractivity contribution in [2.75, 3.05) is 7.11 Å². The highest BCUT2D eigenvalue weighted by Gasteiger charge is 2.26. The molecule has 2 aromatic carbocycles. The van der Waals surface area contributed by atoms with Crippen LogP contribution in [0.2, 0.25) is 5.02 Å². The molecular formula is C25H25ClN4O6. The molecule has 0 N–H and O–H groups in total. The molecule has 0 unspecified atom stereocenters. The molecule has 1 aliphatic carbocycles. The van der Waals surface area contributed by atoms with Crippen molar-refractivity contribution < 1.29 is 19.2 Å². The Morgan fingerprint density at radius 1 is 1.28 bits per heavy atom. The van der Waals surface area contributed by atoms with E-state index in [1.807, 2.05) is 6.07 Å². The Morgan fingerprint density at radius 2 is 2.00 bits per heavy atom. The molecule has 1 saturated carbocycles. The quantitative estimate of drug-likeness (QED) is 0.192. The van der Waals surface area contributed by atoms with Crippen LogP contribution >= 0.6 is 11.6 Å². The van der Waals surface area contributed by atoms with Gasteiger partial charge in [-0.3, -0.25) is 14.9 Å². The van der Waals surface area contributed by atoms with Crippen molar-refractivity contribution in [3.8, 4) is 5.75 Å². The summed E-state index contributed by atoms with van der Waals surface area (Å²) in [6, 6.07) is 9.72. The number of carbonyl (C=O) groups excluding carboxylic acids is 1. The second-order valence-electron chi connectivity index (χ2n) is 8.57. The lowest BCUT2D eigenvalue weighted by molar-refractivity contribution is -0.386. The molecule has 10 nitrogen and oxygen atoms in total. The molecule has 0 saturated heterocycles. The van der Waals surface area contributed by atoms with Crippen LogP contribution in [-0.2, 0) is 9.53 Å². The maximum atomic E-state index is 13.3. The molecule has 0 spiro atoms. The number of nitro benzene ring substituents is 1. The number of carbonyl (C=O) groups is 1. The number of aromatic nitrogens is 2. The van der Waals surface area contributed by atoms with Crippen molar-refractivity contribution >= 4 is 40.4 Å². The van der Waals surface area contributed by atoms with Crippen LogP contribution in [0.25, 0.3) is 10.9 Å². The second kappa shape index (κ2) is 10.9. The summed E-state index contributed by atoms with van der Waals surface area (Å²) in [5.41, 5.74) is 0.120. The first-order chi connectivity index (χ1) is 17.3. The number of rotatable bonds is 7. The first kappa shape index (κ1) is 25.3. The van der Waals surface area contributed by atoms with Crippen LogP contribution < -0.4 is 10.3 Å². The van der Waals surface area contributed by atoms with Gasteiger partial charge in [0.05, 0.1) is 34.2 Å². The molecule has 4 rings (SSSR count). The zero-order chi connectivity index (χ0) is 25.8. The standard InChI is InChI=1S/C25H25ClN4O6/c1-15(25(32)35-2)36-22-19(26)12-16(13-21(22)30(33)34)14-27-29-23(17-8-4-3-5-9-17)28-20-11-7-6-10-18(20)24(29)31/h6-7,10-15,17H,3-5,8-9H2,1-2H3/t15-/m1/s1. The number of fused-ring (bicyclic) bond motifs is 1. The number of ether oxygens (including phenoxy) is 2. The van der Waals surface area contributed by atoms with Crippen LogP contribution in [0, 0.1) is 10.1 Å². The zero-order valence-electron chi connectivity index (χ0n) is 19.8. The van der Waals surface area contributed by atoms with Gasteiger partial charge in [-0.15, -0.1) is 0 Å². The third-order valence-corrected chi connectivity index (χ3v) is 6.42. The molecule has 1 atom stereocenters. The predicted octanol–water partition coefficient (Wildman–Crippen LogP) is 4.83. The lowest BCUT2D eigenvalue weighted by atomic mass is 9.88. The number of nitro groups is 1. The number of hydrogen-bond donors (Lipinski definition) is 0. The third kappa shape index (κ3) is 5.23. The molecule has 11 heteroatoms. The average Bonchev–Trinajstić information content (AvgIpc) is 2.89. The summed E-state index contributed by atoms with van der Waals surface area (Å²) in [7, 11) is 1.18. The molecule has 0 aliphatic heterocycles. The van der Waals surface area contributed by atoms with E-state index in [1.54, 1.807) is 18.2 Å². The minimum atomic E-state index is -1.11. The van der Waals surface area contributed by atoms with Gasteiger partial charge in [0.25, 0.3) is 5.56 Å². The van der Waals surface area contributed by atoms with E-state index in [0.29, 0.717) is 16.7 Å². The summed E-state index contributed by atoms with van der Waals surface area (Å²) >= 11 is 6.29. The molecule has 0 radical (unpaired) electrons. The van der Waals surface area contributed by atoms with Gasteiger partial charge < -0.3 is 9.47 Å². The van der Waals surface area contributed by atoms with E-state index in [0.717, 1.165) is 32.1 Å². The highest BCUT2D eigenvalue weighted by atomic mass is 35.5. The van der Waals surface area contributed by atoms with E-state index >= 15 is 0 Å². The van der Waals surface area contributed by atoms with Crippen molar-refractivity contribution in [3.05, 3.63) is 73.3 Å². The minimum absolute atomic E-state index is 0.0849. The topological polar surface area (TPSA) is 126 Å². The Hall–Kier alpha value is -3.79. The molecule has 1 aromatic heterocycles. The SMILES string of the molecule is COC(=O)[C@@H](C)Oc1c(Cl)cc(C=Nn2c(C3CCCCC3)nc3ccccc3c2=O)cc1[N+](=O)[O-]. The first-order valence-corrected chi connectivity index (χ1v) is 12.0. The number of hydrogen-bond acceptors (Lipinski definition) is 8. The minimum Gasteiger partial charge on any atom is -0.471 e. The maximum Gasteiger partial charge on any atom is 0.346 e. The van der Waals surface area contributed by atoms with Crippen LogP contribution in [-0.4, -0.2) is 40.0 Å². The van der Waals surface area contributed by atoms with E-state index in [2.05, 4.69) is 9.84 Å². The summed E-state index contributed by atoms with van der Waals surface area (Å²) in [6.45, 7) is 1.40. The number of methoxy groups -OCH3 is 1. The van der Waals surface area contributed by atoms with Crippen molar-refractivity contribution in [3.63, 3.8) is 0 Å². The van der Waals surface area contributed by atoms with Gasteiger partial charge in [0.15, 0.2) is 6.10 Å². The molecular weight excluding hydrogens is 488 g/mol. The summed E-state index contributed by atoms with van der Waals surface area (Å²) < 4.78 is 11.3. The molecule has 188 valence electrons. The molecule has 1 aliphatic rings. The smallest absolute Gasteiger partial charge is 0.346 e. The lowest BCUT2D eigenvalue weighted by Gasteiger charge is -2.22. The van der Waals surface area contributed by atoms with E-state index in [-0.39, 0.29) is 27.8 Å². The Bertz CT molecular complexity index is 1400. The van der Waals surface area contributed by atoms with Gasteiger partial charge in [-0.25, -0.2) is 9.78 Å². The molecule has 3 aromatic rings. The molecule has 1 heterocycles. The Morgan fingerprint density at radius 3 is 2.69 bits per heavy atom. The fraction of sp³-hybridized carbons (Fsp3) is 0.360. The summed E-state index contributed by atoms with van der Waals surface area (Å²) in [6.07, 6.45) is 5.27. The predicted molar refractivity (Wildman–Crippen MR) is 135 cm³/mol. The molecule has 0 amide bonds. The summed E-state index contributed by atoms with van der Waals surface area (Å²) in [4.78, 5) is 40.9. The van der Waals surface area contributed by atoms with E-state index < -0.39 is 22.7 Å². The lowest BCUT2D eigenvalue weighted by Crippen LogP contribution is -2.25. The van der Waals surface area contributed by atoms with Gasteiger partial charge in [-0.2, -0.15) is 9.78 Å². The van der Waals surface area contributed by atoms with Crippen molar-refractivity contribution in [2.45, 2.75) is 51.0 Å². The Balaban J connectivity index is 1.77. The molecule has 36 heavy (non-hydrogen) atoms. The fourth-order valence-corrected chi connectivity index (χ4v) is 4.59. The van der Waals surface area contributed by atoms with Crippen molar-refractivity contribution in [1.82, 2.24) is 9.66 Å². The van der Waals surface area contributed by atoms with Crippen LogP contribution in [0.5, 0.6) is 5.75 Å². The Labute approximate surface area is 211 Å². The normalized spacial score (nSPS) is 15.2. The zero-order valence-corrected chi connectivity index (χ0v) is 20.6. The van der Waals surface area contributed by atoms with Gasteiger partial charge in [-0.1, -0.05) is 43.0 Å². The van der Waals surface area contributed by atoms with Gasteiger partial charge in [0.1, 0.15) is 5.82 Å². The number of nitrogens with zero attached hydrogens (tertiary/aromatic N) is 4. The molecule has 0 bridgehead atoms. The highest BCUT2D eigenvalue weighted by molar-refractivity contribution is 6.32. The van der Waals surface area contributed by atoms with Crippen molar-refractivity contribution in [2.24, 2.45) is 5.10 Å². The number of esters is 1. The van der Waals surface area contributed by atoms with Gasteiger partial charge >= 0.3 is 11.7 Å². The number of para-hydroxylation sites is 1. The highest BCUT2D eigenvalue weighted by Crippen LogP contribution is 2.37.